The summed E-state index contributed by atoms with van der Waals surface area (Å²) in [5, 5.41) is 0. The fourth-order valence-corrected chi connectivity index (χ4v) is 2.99. The minimum Gasteiger partial charge on any atom is -0.206 e. The molecule has 3 aromatic rings. The SMILES string of the molecule is CC(C)(C)c1ccc(F)c(-c2ccccc2)c1-c1ccccc1. The smallest absolute Gasteiger partial charge is 0.131 e. The highest BCUT2D eigenvalue weighted by Crippen LogP contribution is 2.41. The molecule has 0 nitrogen and oxygen atoms in total. The summed E-state index contributed by atoms with van der Waals surface area (Å²) in [5.41, 5.74) is 4.73. The Morgan fingerprint density at radius 3 is 1.57 bits per heavy atom. The molecule has 0 heterocycles. The molecule has 0 N–H and O–H groups in total. The van der Waals surface area contributed by atoms with Gasteiger partial charge in [-0.15, -0.1) is 0 Å². The largest absolute Gasteiger partial charge is 0.206 e. The van der Waals surface area contributed by atoms with Crippen molar-refractivity contribution in [3.63, 3.8) is 0 Å². The zero-order valence-corrected chi connectivity index (χ0v) is 13.8. The van der Waals surface area contributed by atoms with Crippen molar-refractivity contribution in [2.24, 2.45) is 0 Å². The summed E-state index contributed by atoms with van der Waals surface area (Å²) in [6, 6.07) is 23.4. The van der Waals surface area contributed by atoms with Crippen molar-refractivity contribution in [3.05, 3.63) is 84.2 Å². The lowest BCUT2D eigenvalue weighted by molar-refractivity contribution is 0.586. The van der Waals surface area contributed by atoms with Gasteiger partial charge in [0.2, 0.25) is 0 Å². The highest BCUT2D eigenvalue weighted by molar-refractivity contribution is 5.86. The number of hydrogen-bond donors (Lipinski definition) is 0. The maximum absolute atomic E-state index is 14.8. The summed E-state index contributed by atoms with van der Waals surface area (Å²) < 4.78 is 14.8. The van der Waals surface area contributed by atoms with Crippen molar-refractivity contribution in [1.29, 1.82) is 0 Å². The van der Waals surface area contributed by atoms with E-state index in [1.807, 2.05) is 54.6 Å². The van der Waals surface area contributed by atoms with Gasteiger partial charge < -0.3 is 0 Å². The first-order valence-corrected chi connectivity index (χ1v) is 7.92. The molecule has 116 valence electrons. The number of benzene rings is 3. The zero-order chi connectivity index (χ0) is 16.4. The third-order valence-corrected chi connectivity index (χ3v) is 4.09. The van der Waals surface area contributed by atoms with Gasteiger partial charge in [-0.1, -0.05) is 87.5 Å². The van der Waals surface area contributed by atoms with Crippen molar-refractivity contribution in [2.75, 3.05) is 0 Å². The number of halogens is 1. The van der Waals surface area contributed by atoms with Crippen LogP contribution < -0.4 is 0 Å². The lowest BCUT2D eigenvalue weighted by atomic mass is 9.78. The van der Waals surface area contributed by atoms with E-state index < -0.39 is 0 Å². The van der Waals surface area contributed by atoms with Crippen LogP contribution in [-0.2, 0) is 5.41 Å². The molecule has 1 heteroatoms. The first-order chi connectivity index (χ1) is 11.0. The van der Waals surface area contributed by atoms with Gasteiger partial charge in [0.05, 0.1) is 0 Å². The lowest BCUT2D eigenvalue weighted by Crippen LogP contribution is -2.14. The quantitative estimate of drug-likeness (QED) is 0.510. The van der Waals surface area contributed by atoms with Gasteiger partial charge in [-0.2, -0.15) is 0 Å². The molecular weight excluding hydrogens is 283 g/mol. The van der Waals surface area contributed by atoms with Crippen LogP contribution in [0.1, 0.15) is 26.3 Å². The second-order valence-electron chi connectivity index (χ2n) is 6.83. The first-order valence-electron chi connectivity index (χ1n) is 7.92. The number of rotatable bonds is 2. The van der Waals surface area contributed by atoms with E-state index in [0.717, 1.165) is 22.3 Å². The maximum Gasteiger partial charge on any atom is 0.131 e. The second kappa shape index (κ2) is 6.00. The van der Waals surface area contributed by atoms with Crippen molar-refractivity contribution in [3.8, 4) is 22.3 Å². The van der Waals surface area contributed by atoms with Crippen LogP contribution in [-0.4, -0.2) is 0 Å². The molecule has 3 aromatic carbocycles. The average Bonchev–Trinajstić information content (AvgIpc) is 2.55. The summed E-state index contributed by atoms with van der Waals surface area (Å²) in [6.07, 6.45) is 0. The first kappa shape index (κ1) is 15.5. The van der Waals surface area contributed by atoms with Crippen molar-refractivity contribution in [2.45, 2.75) is 26.2 Å². The molecule has 0 amide bonds. The molecule has 0 fully saturated rings. The Morgan fingerprint density at radius 1 is 0.609 bits per heavy atom. The highest BCUT2D eigenvalue weighted by Gasteiger charge is 2.24. The third-order valence-electron chi connectivity index (χ3n) is 4.09. The Morgan fingerprint density at radius 2 is 1.09 bits per heavy atom. The van der Waals surface area contributed by atoms with Gasteiger partial charge in [0.25, 0.3) is 0 Å². The average molecular weight is 304 g/mol. The van der Waals surface area contributed by atoms with Gasteiger partial charge in [0.15, 0.2) is 0 Å². The summed E-state index contributed by atoms with van der Waals surface area (Å²) >= 11 is 0. The fraction of sp³-hybridized carbons (Fsp3) is 0.182. The van der Waals surface area contributed by atoms with E-state index in [4.69, 9.17) is 0 Å². The molecule has 0 saturated heterocycles. The van der Waals surface area contributed by atoms with E-state index in [1.54, 1.807) is 6.07 Å². The van der Waals surface area contributed by atoms with Crippen molar-refractivity contribution < 1.29 is 4.39 Å². The van der Waals surface area contributed by atoms with Gasteiger partial charge in [-0.05, 0) is 33.7 Å². The minimum absolute atomic E-state index is 0.0671. The Kier molecular flexibility index (Phi) is 4.04. The minimum atomic E-state index is -0.178. The molecule has 23 heavy (non-hydrogen) atoms. The molecule has 0 aliphatic heterocycles. The number of hydrogen-bond acceptors (Lipinski definition) is 0. The zero-order valence-electron chi connectivity index (χ0n) is 13.8. The summed E-state index contributed by atoms with van der Waals surface area (Å²) in [6.45, 7) is 6.50. The molecule has 0 radical (unpaired) electrons. The molecule has 0 aliphatic rings. The van der Waals surface area contributed by atoms with Gasteiger partial charge in [0.1, 0.15) is 5.82 Å². The van der Waals surface area contributed by atoms with Gasteiger partial charge in [-0.3, -0.25) is 0 Å². The predicted octanol–water partition coefficient (Wildman–Crippen LogP) is 6.46. The molecule has 0 aliphatic carbocycles. The normalized spacial score (nSPS) is 11.5. The van der Waals surface area contributed by atoms with E-state index in [-0.39, 0.29) is 11.2 Å². The summed E-state index contributed by atoms with van der Waals surface area (Å²) in [5.74, 6) is -0.178. The standard InChI is InChI=1S/C22H21F/c1-22(2,3)18-14-15-19(23)21(17-12-8-5-9-13-17)20(18)16-10-6-4-7-11-16/h4-15H,1-3H3. The van der Waals surface area contributed by atoms with Crippen LogP contribution in [0, 0.1) is 5.82 Å². The fourth-order valence-electron chi connectivity index (χ4n) is 2.99. The predicted molar refractivity (Wildman–Crippen MR) is 96.0 cm³/mol. The molecule has 0 spiro atoms. The Labute approximate surface area is 137 Å². The Bertz CT molecular complexity index is 797. The molecule has 0 bridgehead atoms. The maximum atomic E-state index is 14.8. The lowest BCUT2D eigenvalue weighted by Gasteiger charge is -2.26. The topological polar surface area (TPSA) is 0 Å². The summed E-state index contributed by atoms with van der Waals surface area (Å²) in [4.78, 5) is 0. The molecule has 0 saturated carbocycles. The van der Waals surface area contributed by atoms with Crippen molar-refractivity contribution in [1.82, 2.24) is 0 Å². The van der Waals surface area contributed by atoms with Crippen LogP contribution in [0.4, 0.5) is 4.39 Å². The van der Waals surface area contributed by atoms with Crippen LogP contribution in [0.3, 0.4) is 0 Å². The molecule has 0 unspecified atom stereocenters. The van der Waals surface area contributed by atoms with Crippen LogP contribution in [0.15, 0.2) is 72.8 Å². The Balaban J connectivity index is 2.39. The van der Waals surface area contributed by atoms with Gasteiger partial charge in [-0.25, -0.2) is 4.39 Å². The van der Waals surface area contributed by atoms with E-state index in [2.05, 4.69) is 32.9 Å². The van der Waals surface area contributed by atoms with E-state index in [1.165, 1.54) is 0 Å². The van der Waals surface area contributed by atoms with Crippen LogP contribution in [0.25, 0.3) is 22.3 Å². The molecule has 0 aromatic heterocycles. The summed E-state index contributed by atoms with van der Waals surface area (Å²) in [7, 11) is 0. The van der Waals surface area contributed by atoms with Crippen LogP contribution in [0.2, 0.25) is 0 Å². The Hall–Kier alpha value is -2.41. The van der Waals surface area contributed by atoms with Crippen molar-refractivity contribution >= 4 is 0 Å². The molecule has 3 rings (SSSR count). The highest BCUT2D eigenvalue weighted by atomic mass is 19.1. The molecule has 0 atom stereocenters. The second-order valence-corrected chi connectivity index (χ2v) is 6.83. The third kappa shape index (κ3) is 3.05. The van der Waals surface area contributed by atoms with Crippen LogP contribution in [0.5, 0.6) is 0 Å². The van der Waals surface area contributed by atoms with E-state index in [9.17, 15) is 4.39 Å². The van der Waals surface area contributed by atoms with Gasteiger partial charge >= 0.3 is 0 Å². The van der Waals surface area contributed by atoms with Crippen LogP contribution >= 0.6 is 0 Å². The van der Waals surface area contributed by atoms with E-state index >= 15 is 0 Å². The monoisotopic (exact) mass is 304 g/mol. The molecular formula is C22H21F. The van der Waals surface area contributed by atoms with Gasteiger partial charge in [0, 0.05) is 5.56 Å². The van der Waals surface area contributed by atoms with E-state index in [0.29, 0.717) is 5.56 Å².